The second-order valence-corrected chi connectivity index (χ2v) is 7.63. The van der Waals surface area contributed by atoms with Crippen molar-refractivity contribution in [1.29, 1.82) is 0 Å². The highest BCUT2D eigenvalue weighted by Crippen LogP contribution is 2.23. The van der Waals surface area contributed by atoms with Crippen LogP contribution >= 0.6 is 11.6 Å². The number of hydrogen-bond acceptors (Lipinski definition) is 2. The van der Waals surface area contributed by atoms with Gasteiger partial charge in [0.05, 0.1) is 0 Å². The summed E-state index contributed by atoms with van der Waals surface area (Å²) in [5.41, 5.74) is 1.00. The molecule has 2 fully saturated rings. The first-order chi connectivity index (χ1) is 12.0. The molecule has 1 aromatic carbocycles. The second kappa shape index (κ2) is 8.09. The minimum Gasteiger partial charge on any atom is -0.352 e. The largest absolute Gasteiger partial charge is 0.352 e. The topological polar surface area (TPSA) is 52.7 Å². The molecule has 1 heterocycles. The number of rotatable bonds is 5. The summed E-state index contributed by atoms with van der Waals surface area (Å²) in [6, 6.07) is 7.70. The summed E-state index contributed by atoms with van der Waals surface area (Å²) in [6.07, 6.45) is 4.63. The normalized spacial score (nSPS) is 23.8. The summed E-state index contributed by atoms with van der Waals surface area (Å²) in [7, 11) is 0. The van der Waals surface area contributed by atoms with Crippen molar-refractivity contribution in [3.8, 4) is 0 Å². The molecule has 1 saturated heterocycles. The van der Waals surface area contributed by atoms with E-state index < -0.39 is 0 Å². The molecule has 0 aromatic heterocycles. The van der Waals surface area contributed by atoms with Gasteiger partial charge in [-0.3, -0.25) is 4.79 Å². The molecule has 1 saturated carbocycles. The average Bonchev–Trinajstić information content (AvgIpc) is 2.90. The Morgan fingerprint density at radius 2 is 2.00 bits per heavy atom. The molecule has 1 aromatic rings. The summed E-state index contributed by atoms with van der Waals surface area (Å²) < 4.78 is 0. The zero-order chi connectivity index (χ0) is 17.8. The molecule has 3 rings (SSSR count). The molecule has 1 N–H and O–H groups in total. The third-order valence-corrected chi connectivity index (χ3v) is 5.47. The molecule has 0 radical (unpaired) electrons. The molecule has 2 aliphatic rings. The van der Waals surface area contributed by atoms with Crippen LogP contribution in [0.3, 0.4) is 0 Å². The van der Waals surface area contributed by atoms with E-state index in [1.54, 1.807) is 9.80 Å². The van der Waals surface area contributed by atoms with Gasteiger partial charge in [0, 0.05) is 30.7 Å². The van der Waals surface area contributed by atoms with Crippen LogP contribution in [-0.2, 0) is 11.3 Å². The fraction of sp³-hybridized carbons (Fsp3) is 0.579. The minimum atomic E-state index is -0.0770. The molecule has 0 spiro atoms. The van der Waals surface area contributed by atoms with Crippen LogP contribution in [0.4, 0.5) is 4.79 Å². The predicted molar refractivity (Wildman–Crippen MR) is 98.4 cm³/mol. The van der Waals surface area contributed by atoms with Crippen molar-refractivity contribution in [1.82, 2.24) is 15.1 Å². The van der Waals surface area contributed by atoms with Gasteiger partial charge in [-0.2, -0.15) is 0 Å². The number of nitrogens with zero attached hydrogens (tertiary/aromatic N) is 2. The van der Waals surface area contributed by atoms with Crippen LogP contribution in [0.2, 0.25) is 5.02 Å². The average molecular weight is 364 g/mol. The maximum Gasteiger partial charge on any atom is 0.320 e. The number of carbonyl (C=O) groups is 2. The van der Waals surface area contributed by atoms with Crippen molar-refractivity contribution in [2.45, 2.75) is 45.2 Å². The monoisotopic (exact) mass is 363 g/mol. The van der Waals surface area contributed by atoms with Crippen LogP contribution < -0.4 is 5.32 Å². The van der Waals surface area contributed by atoms with Crippen LogP contribution in [0.15, 0.2) is 24.3 Å². The first kappa shape index (κ1) is 18.1. The van der Waals surface area contributed by atoms with Gasteiger partial charge >= 0.3 is 6.03 Å². The van der Waals surface area contributed by atoms with Gasteiger partial charge in [-0.25, -0.2) is 4.79 Å². The second-order valence-electron chi connectivity index (χ2n) is 7.19. The van der Waals surface area contributed by atoms with Gasteiger partial charge in [-0.05, 0) is 36.5 Å². The van der Waals surface area contributed by atoms with Crippen molar-refractivity contribution in [3.05, 3.63) is 34.9 Å². The van der Waals surface area contributed by atoms with Gasteiger partial charge in [0.25, 0.3) is 0 Å². The molecule has 5 nitrogen and oxygen atoms in total. The zero-order valence-electron chi connectivity index (χ0n) is 14.7. The summed E-state index contributed by atoms with van der Waals surface area (Å²) in [5, 5.41) is 3.79. The molecule has 136 valence electrons. The highest BCUT2D eigenvalue weighted by atomic mass is 35.5. The Bertz CT molecular complexity index is 637. The van der Waals surface area contributed by atoms with Crippen LogP contribution in [0.25, 0.3) is 0 Å². The molecule has 0 unspecified atom stereocenters. The Morgan fingerprint density at radius 3 is 2.76 bits per heavy atom. The van der Waals surface area contributed by atoms with Gasteiger partial charge in [-0.1, -0.05) is 43.5 Å². The zero-order valence-corrected chi connectivity index (χ0v) is 15.5. The number of hydrogen-bond donors (Lipinski definition) is 1. The Balaban J connectivity index is 1.50. The van der Waals surface area contributed by atoms with Crippen molar-refractivity contribution in [3.63, 3.8) is 0 Å². The lowest BCUT2D eigenvalue weighted by Crippen LogP contribution is -2.46. The van der Waals surface area contributed by atoms with E-state index in [2.05, 4.69) is 12.2 Å². The fourth-order valence-electron chi connectivity index (χ4n) is 3.74. The lowest BCUT2D eigenvalue weighted by Gasteiger charge is -2.30. The Morgan fingerprint density at radius 1 is 1.24 bits per heavy atom. The number of carbonyl (C=O) groups excluding carboxylic acids is 2. The number of nitrogens with one attached hydrogen (secondary N) is 1. The van der Waals surface area contributed by atoms with Gasteiger partial charge in [0.15, 0.2) is 0 Å². The van der Waals surface area contributed by atoms with Crippen LogP contribution in [0, 0.1) is 5.92 Å². The quantitative estimate of drug-likeness (QED) is 0.872. The minimum absolute atomic E-state index is 0.0447. The van der Waals surface area contributed by atoms with Crippen LogP contribution in [0.1, 0.15) is 38.2 Å². The van der Waals surface area contributed by atoms with Gasteiger partial charge < -0.3 is 15.1 Å². The summed E-state index contributed by atoms with van der Waals surface area (Å²) in [5.74, 6) is 0.475. The van der Waals surface area contributed by atoms with E-state index in [1.807, 2.05) is 24.3 Å². The smallest absolute Gasteiger partial charge is 0.320 e. The van der Waals surface area contributed by atoms with E-state index in [9.17, 15) is 9.59 Å². The van der Waals surface area contributed by atoms with Gasteiger partial charge in [0.1, 0.15) is 6.54 Å². The molecule has 6 heteroatoms. The molecule has 2 atom stereocenters. The maximum absolute atomic E-state index is 12.5. The Hall–Kier alpha value is -1.75. The first-order valence-electron chi connectivity index (χ1n) is 9.10. The SMILES string of the molecule is C[C@@H]1CCCC[C@@H]1NC(=O)CN1CCN(Cc2cccc(Cl)c2)C1=O. The van der Waals surface area contributed by atoms with E-state index >= 15 is 0 Å². The Labute approximate surface area is 154 Å². The molecule has 0 bridgehead atoms. The number of urea groups is 1. The van der Waals surface area contributed by atoms with Gasteiger partial charge in [0.2, 0.25) is 5.91 Å². The highest BCUT2D eigenvalue weighted by molar-refractivity contribution is 6.30. The number of benzene rings is 1. The lowest BCUT2D eigenvalue weighted by atomic mass is 9.86. The van der Waals surface area contributed by atoms with E-state index in [0.29, 0.717) is 30.6 Å². The molecule has 25 heavy (non-hydrogen) atoms. The molecule has 1 aliphatic carbocycles. The Kier molecular flexibility index (Phi) is 5.84. The van der Waals surface area contributed by atoms with Crippen molar-refractivity contribution in [2.24, 2.45) is 5.92 Å². The number of halogens is 1. The van der Waals surface area contributed by atoms with Gasteiger partial charge in [-0.15, -0.1) is 0 Å². The summed E-state index contributed by atoms with van der Waals surface area (Å²) in [6.45, 7) is 4.09. The van der Waals surface area contributed by atoms with Crippen LogP contribution in [0.5, 0.6) is 0 Å². The van der Waals surface area contributed by atoms with Crippen LogP contribution in [-0.4, -0.2) is 47.4 Å². The molecular weight excluding hydrogens is 338 g/mol. The third kappa shape index (κ3) is 4.66. The summed E-state index contributed by atoms with van der Waals surface area (Å²) >= 11 is 6.00. The van der Waals surface area contributed by atoms with E-state index in [1.165, 1.54) is 19.3 Å². The third-order valence-electron chi connectivity index (χ3n) is 5.24. The van der Waals surface area contributed by atoms with E-state index in [-0.39, 0.29) is 24.5 Å². The first-order valence-corrected chi connectivity index (χ1v) is 9.48. The van der Waals surface area contributed by atoms with E-state index in [0.717, 1.165) is 12.0 Å². The van der Waals surface area contributed by atoms with E-state index in [4.69, 9.17) is 11.6 Å². The molecule has 3 amide bonds. The number of amides is 3. The highest BCUT2D eigenvalue weighted by Gasteiger charge is 2.31. The molecule has 1 aliphatic heterocycles. The molecular formula is C19H26ClN3O2. The predicted octanol–water partition coefficient (Wildman–Crippen LogP) is 3.27. The standard InChI is InChI=1S/C19H26ClN3O2/c1-14-5-2-3-8-17(14)21-18(24)13-23-10-9-22(19(23)25)12-15-6-4-7-16(20)11-15/h4,6-7,11,14,17H,2-3,5,8-10,12-13H2,1H3,(H,21,24)/t14-,17+/m1/s1. The lowest BCUT2D eigenvalue weighted by molar-refractivity contribution is -0.122. The maximum atomic E-state index is 12.5. The fourth-order valence-corrected chi connectivity index (χ4v) is 3.95. The van der Waals surface area contributed by atoms with Crippen molar-refractivity contribution >= 4 is 23.5 Å². The van der Waals surface area contributed by atoms with Crippen molar-refractivity contribution < 1.29 is 9.59 Å². The van der Waals surface area contributed by atoms with Crippen molar-refractivity contribution in [2.75, 3.05) is 19.6 Å². The summed E-state index contributed by atoms with van der Waals surface area (Å²) in [4.78, 5) is 28.3.